The Hall–Kier alpha value is -2.48. The van der Waals surface area contributed by atoms with Gasteiger partial charge in [-0.3, -0.25) is 14.5 Å². The van der Waals surface area contributed by atoms with Gasteiger partial charge in [0.15, 0.2) is 0 Å². The number of carbonyl (C=O) groups excluding carboxylic acids is 2. The maximum atomic E-state index is 12.6. The summed E-state index contributed by atoms with van der Waals surface area (Å²) in [6.45, 7) is -0.0187. The van der Waals surface area contributed by atoms with Crippen LogP contribution < -0.4 is 5.14 Å². The molecule has 2 aromatic rings. The number of carbonyl (C=O) groups is 2. The number of benzene rings is 2. The number of rotatable bonds is 4. The molecule has 0 radical (unpaired) electrons. The third kappa shape index (κ3) is 3.34. The molecule has 1 heterocycles. The van der Waals surface area contributed by atoms with E-state index in [1.165, 1.54) is 24.3 Å². The number of imide groups is 1. The Morgan fingerprint density at radius 3 is 2.08 bits per heavy atom. The van der Waals surface area contributed by atoms with E-state index < -0.39 is 21.8 Å². The van der Waals surface area contributed by atoms with Gasteiger partial charge in [-0.1, -0.05) is 54.1 Å². The van der Waals surface area contributed by atoms with Gasteiger partial charge in [0.05, 0.1) is 17.0 Å². The van der Waals surface area contributed by atoms with Crippen LogP contribution in [0.1, 0.15) is 11.1 Å². The van der Waals surface area contributed by atoms with Crippen LogP contribution in [0.2, 0.25) is 0 Å². The summed E-state index contributed by atoms with van der Waals surface area (Å²) < 4.78 is 22.5. The molecule has 0 aliphatic carbocycles. The third-order valence-electron chi connectivity index (χ3n) is 3.77. The van der Waals surface area contributed by atoms with Crippen molar-refractivity contribution < 1.29 is 18.0 Å². The summed E-state index contributed by atoms with van der Waals surface area (Å²) in [5, 5.41) is 4.92. The number of amides is 2. The van der Waals surface area contributed by atoms with Crippen LogP contribution in [0.4, 0.5) is 0 Å². The molecule has 128 valence electrons. The van der Waals surface area contributed by atoms with Crippen LogP contribution >= 0.6 is 11.6 Å². The highest BCUT2D eigenvalue weighted by atomic mass is 35.5. The molecule has 1 aliphatic rings. The minimum absolute atomic E-state index is 0.0187. The van der Waals surface area contributed by atoms with Crippen LogP contribution in [0, 0.1) is 0 Å². The zero-order valence-corrected chi connectivity index (χ0v) is 14.4. The van der Waals surface area contributed by atoms with E-state index in [-0.39, 0.29) is 22.0 Å². The van der Waals surface area contributed by atoms with Crippen molar-refractivity contribution in [1.29, 1.82) is 0 Å². The molecule has 6 nitrogen and oxygen atoms in total. The highest BCUT2D eigenvalue weighted by Gasteiger charge is 2.37. The molecule has 0 bridgehead atoms. The second-order valence-electron chi connectivity index (χ2n) is 5.44. The molecule has 0 saturated carbocycles. The van der Waals surface area contributed by atoms with Crippen LogP contribution in [-0.4, -0.2) is 25.1 Å². The lowest BCUT2D eigenvalue weighted by Crippen LogP contribution is -2.30. The minimum Gasteiger partial charge on any atom is -0.269 e. The first-order valence-electron chi connectivity index (χ1n) is 7.22. The van der Waals surface area contributed by atoms with Gasteiger partial charge >= 0.3 is 0 Å². The number of hydrogen-bond donors (Lipinski definition) is 1. The average molecular weight is 377 g/mol. The Morgan fingerprint density at radius 2 is 1.52 bits per heavy atom. The predicted octanol–water partition coefficient (Wildman–Crippen LogP) is 1.85. The Kier molecular flexibility index (Phi) is 4.47. The minimum atomic E-state index is -3.80. The number of halogens is 1. The van der Waals surface area contributed by atoms with Gasteiger partial charge in [0.1, 0.15) is 5.03 Å². The monoisotopic (exact) mass is 376 g/mol. The molecule has 2 amide bonds. The van der Waals surface area contributed by atoms with E-state index in [0.717, 1.165) is 4.90 Å². The van der Waals surface area contributed by atoms with Crippen molar-refractivity contribution in [2.45, 2.75) is 11.4 Å². The lowest BCUT2D eigenvalue weighted by molar-refractivity contribution is -0.137. The Morgan fingerprint density at radius 1 is 0.920 bits per heavy atom. The molecule has 25 heavy (non-hydrogen) atoms. The van der Waals surface area contributed by atoms with E-state index in [1.807, 2.05) is 0 Å². The van der Waals surface area contributed by atoms with Crippen molar-refractivity contribution in [3.05, 3.63) is 70.8 Å². The van der Waals surface area contributed by atoms with Gasteiger partial charge in [-0.25, -0.2) is 13.6 Å². The number of sulfonamides is 1. The fourth-order valence-corrected chi connectivity index (χ4v) is 3.32. The van der Waals surface area contributed by atoms with Crippen molar-refractivity contribution in [3.63, 3.8) is 0 Å². The molecule has 2 N–H and O–H groups in total. The molecule has 0 saturated heterocycles. The Balaban J connectivity index is 1.86. The summed E-state index contributed by atoms with van der Waals surface area (Å²) in [6.07, 6.45) is 0. The predicted molar refractivity (Wildman–Crippen MR) is 92.6 cm³/mol. The summed E-state index contributed by atoms with van der Waals surface area (Å²) in [4.78, 5) is 25.9. The molecule has 0 atom stereocenters. The summed E-state index contributed by atoms with van der Waals surface area (Å²) in [7, 11) is -3.80. The number of hydrogen-bond acceptors (Lipinski definition) is 4. The van der Waals surface area contributed by atoms with Crippen LogP contribution in [0.25, 0.3) is 5.57 Å². The zero-order valence-electron chi connectivity index (χ0n) is 12.8. The van der Waals surface area contributed by atoms with E-state index in [1.54, 1.807) is 30.3 Å². The first kappa shape index (κ1) is 17.3. The lowest BCUT2D eigenvalue weighted by Gasteiger charge is -2.15. The number of primary sulfonamides is 1. The first-order valence-corrected chi connectivity index (χ1v) is 9.14. The van der Waals surface area contributed by atoms with Crippen molar-refractivity contribution in [2.24, 2.45) is 5.14 Å². The Bertz CT molecular complexity index is 983. The van der Waals surface area contributed by atoms with E-state index in [2.05, 4.69) is 0 Å². The zero-order chi connectivity index (χ0) is 18.2. The Labute approximate surface area is 149 Å². The fraction of sp³-hybridized carbons (Fsp3) is 0.0588. The topological polar surface area (TPSA) is 97.5 Å². The summed E-state index contributed by atoms with van der Waals surface area (Å²) in [5.74, 6) is -1.07. The van der Waals surface area contributed by atoms with Crippen LogP contribution in [-0.2, 0) is 26.2 Å². The fourth-order valence-electron chi connectivity index (χ4n) is 2.51. The van der Waals surface area contributed by atoms with Gasteiger partial charge in [0, 0.05) is 0 Å². The summed E-state index contributed by atoms with van der Waals surface area (Å²) in [6, 6.07) is 14.3. The molecule has 3 rings (SSSR count). The maximum Gasteiger partial charge on any atom is 0.273 e. The van der Waals surface area contributed by atoms with Crippen LogP contribution in [0.3, 0.4) is 0 Å². The van der Waals surface area contributed by atoms with Crippen molar-refractivity contribution in [3.8, 4) is 0 Å². The lowest BCUT2D eigenvalue weighted by atomic mass is 10.1. The molecule has 0 fully saturated rings. The van der Waals surface area contributed by atoms with Gasteiger partial charge < -0.3 is 0 Å². The van der Waals surface area contributed by atoms with Gasteiger partial charge in [-0.2, -0.15) is 0 Å². The van der Waals surface area contributed by atoms with Crippen LogP contribution in [0.5, 0.6) is 0 Å². The van der Waals surface area contributed by atoms with Crippen molar-refractivity contribution in [2.75, 3.05) is 0 Å². The molecular formula is C17H13ClN2O4S. The second-order valence-corrected chi connectivity index (χ2v) is 7.38. The van der Waals surface area contributed by atoms with Gasteiger partial charge in [0.2, 0.25) is 10.0 Å². The molecule has 2 aromatic carbocycles. The molecule has 0 unspecified atom stereocenters. The highest BCUT2D eigenvalue weighted by Crippen LogP contribution is 2.32. The average Bonchev–Trinajstić information content (AvgIpc) is 2.79. The van der Waals surface area contributed by atoms with Gasteiger partial charge in [0.25, 0.3) is 11.8 Å². The second kappa shape index (κ2) is 6.44. The first-order chi connectivity index (χ1) is 11.8. The van der Waals surface area contributed by atoms with E-state index in [9.17, 15) is 18.0 Å². The maximum absolute atomic E-state index is 12.6. The SMILES string of the molecule is NS(=O)(=O)c1ccc(CN2C(=O)C(Cl)=C(c3ccccc3)C2=O)cc1. The van der Waals surface area contributed by atoms with Gasteiger partial charge in [-0.15, -0.1) is 0 Å². The highest BCUT2D eigenvalue weighted by molar-refractivity contribution is 7.89. The molecule has 1 aliphatic heterocycles. The normalized spacial score (nSPS) is 15.2. The smallest absolute Gasteiger partial charge is 0.269 e. The van der Waals surface area contributed by atoms with E-state index >= 15 is 0 Å². The van der Waals surface area contributed by atoms with Crippen LogP contribution in [0.15, 0.2) is 64.5 Å². The summed E-state index contributed by atoms with van der Waals surface area (Å²) >= 11 is 6.08. The van der Waals surface area contributed by atoms with E-state index in [0.29, 0.717) is 11.1 Å². The molecule has 8 heteroatoms. The number of nitrogens with two attached hydrogens (primary N) is 1. The third-order valence-corrected chi connectivity index (χ3v) is 5.05. The molecule has 0 spiro atoms. The standard InChI is InChI=1S/C17H13ClN2O4S/c18-15-14(12-4-2-1-3-5-12)16(21)20(17(15)22)10-11-6-8-13(9-7-11)25(19,23)24/h1-9H,10H2,(H2,19,23,24). The largest absolute Gasteiger partial charge is 0.273 e. The molecule has 0 aromatic heterocycles. The number of nitrogens with zero attached hydrogens (tertiary/aromatic N) is 1. The quantitative estimate of drug-likeness (QED) is 0.823. The van der Waals surface area contributed by atoms with Crippen molar-refractivity contribution in [1.82, 2.24) is 4.90 Å². The van der Waals surface area contributed by atoms with E-state index in [4.69, 9.17) is 16.7 Å². The summed E-state index contributed by atoms with van der Waals surface area (Å²) in [5.41, 5.74) is 1.30. The van der Waals surface area contributed by atoms with Gasteiger partial charge in [-0.05, 0) is 23.3 Å². The van der Waals surface area contributed by atoms with Crippen molar-refractivity contribution >= 4 is 39.0 Å². The molecular weight excluding hydrogens is 364 g/mol.